The summed E-state index contributed by atoms with van der Waals surface area (Å²) in [7, 11) is -0.892. The van der Waals surface area contributed by atoms with Gasteiger partial charge in [-0.25, -0.2) is 0 Å². The van der Waals surface area contributed by atoms with Gasteiger partial charge in [0.05, 0.1) is 20.9 Å². The van der Waals surface area contributed by atoms with E-state index in [-0.39, 0.29) is 22.8 Å². The molecule has 7 aromatic carbocycles. The van der Waals surface area contributed by atoms with Crippen LogP contribution in [0, 0.1) is 25.4 Å². The summed E-state index contributed by atoms with van der Waals surface area (Å²) in [4.78, 5) is 27.3. The van der Waals surface area contributed by atoms with Crippen molar-refractivity contribution in [3.05, 3.63) is 250 Å². The van der Waals surface area contributed by atoms with Crippen molar-refractivity contribution in [3.8, 4) is 0 Å². The molecule has 0 saturated carbocycles. The molecular formula is C48H37CuN4O5P2. The maximum atomic E-state index is 11.0. The Morgan fingerprint density at radius 3 is 0.967 bits per heavy atom. The summed E-state index contributed by atoms with van der Waals surface area (Å²) >= 11 is 0. The molecule has 60 heavy (non-hydrogen) atoms. The molecule has 0 aliphatic heterocycles. The van der Waals surface area contributed by atoms with Gasteiger partial charge in [-0.2, -0.15) is 0 Å². The van der Waals surface area contributed by atoms with Gasteiger partial charge >= 0.3 is 17.1 Å². The molecule has 0 unspecified atom stereocenters. The number of benzene rings is 7. The molecule has 0 bridgehead atoms. The molecule has 0 aliphatic carbocycles. The largest absolute Gasteiger partial charge is 1.00 e. The van der Waals surface area contributed by atoms with Gasteiger partial charge in [0.1, 0.15) is 5.52 Å². The Morgan fingerprint density at radius 1 is 0.383 bits per heavy atom. The van der Waals surface area contributed by atoms with Crippen molar-refractivity contribution in [1.82, 2.24) is 9.97 Å². The van der Waals surface area contributed by atoms with Crippen LogP contribution in [-0.2, 0) is 17.1 Å². The zero-order chi connectivity index (χ0) is 41.2. The molecule has 0 amide bonds. The van der Waals surface area contributed by atoms with Gasteiger partial charge in [0.25, 0.3) is 5.69 Å². The van der Waals surface area contributed by atoms with Crippen LogP contribution in [0.3, 0.4) is 0 Å². The van der Waals surface area contributed by atoms with E-state index in [0.717, 1.165) is 5.39 Å². The van der Waals surface area contributed by atoms with Crippen LogP contribution in [-0.4, -0.2) is 20.0 Å². The number of nitrogens with zero attached hydrogens (tertiary/aromatic N) is 4. The zero-order valence-electron chi connectivity index (χ0n) is 31.9. The first-order chi connectivity index (χ1) is 28.9. The van der Waals surface area contributed by atoms with E-state index < -0.39 is 25.9 Å². The molecule has 300 valence electrons. The minimum atomic E-state index is -1.75. The molecule has 9 rings (SSSR count). The summed E-state index contributed by atoms with van der Waals surface area (Å²) in [6.07, 6.45) is 3.27. The molecule has 9 nitrogen and oxygen atoms in total. The van der Waals surface area contributed by atoms with E-state index in [0.29, 0.717) is 16.4 Å². The van der Waals surface area contributed by atoms with Crippen LogP contribution in [0.1, 0.15) is 0 Å². The average molecular weight is 875 g/mol. The van der Waals surface area contributed by atoms with Crippen LogP contribution in [0.5, 0.6) is 0 Å². The molecule has 12 heteroatoms. The van der Waals surface area contributed by atoms with E-state index in [4.69, 9.17) is 15.3 Å². The Balaban J connectivity index is 0.000000162. The fourth-order valence-electron chi connectivity index (χ4n) is 6.27. The van der Waals surface area contributed by atoms with E-state index in [2.05, 4.69) is 192 Å². The predicted octanol–water partition coefficient (Wildman–Crippen LogP) is 9.34. The number of nitro benzene ring substituents is 1. The Bertz CT molecular complexity index is 2380. The van der Waals surface area contributed by atoms with E-state index in [1.807, 2.05) is 0 Å². The zero-order valence-corrected chi connectivity index (χ0v) is 34.6. The minimum Gasteiger partial charge on any atom is -0.356 e. The van der Waals surface area contributed by atoms with Crippen molar-refractivity contribution >= 4 is 75.2 Å². The fraction of sp³-hybridized carbons (Fsp3) is 0. The predicted molar refractivity (Wildman–Crippen MR) is 244 cm³/mol. The summed E-state index contributed by atoms with van der Waals surface area (Å²) in [5, 5.41) is 35.4. The number of non-ortho nitro benzene ring substituents is 1. The molecule has 2 heterocycles. The van der Waals surface area contributed by atoms with Crippen LogP contribution in [0.25, 0.3) is 21.8 Å². The van der Waals surface area contributed by atoms with Crippen molar-refractivity contribution in [2.45, 2.75) is 0 Å². The van der Waals surface area contributed by atoms with Crippen molar-refractivity contribution in [1.29, 1.82) is 0 Å². The number of nitro groups is 1. The van der Waals surface area contributed by atoms with Crippen molar-refractivity contribution in [2.24, 2.45) is 0 Å². The number of pyridine rings is 2. The van der Waals surface area contributed by atoms with Crippen LogP contribution in [0.2, 0.25) is 0 Å². The third kappa shape index (κ3) is 12.2. The van der Waals surface area contributed by atoms with Gasteiger partial charge in [0.2, 0.25) is 0 Å². The van der Waals surface area contributed by atoms with Gasteiger partial charge in [0.15, 0.2) is 0 Å². The molecule has 0 spiro atoms. The van der Waals surface area contributed by atoms with Gasteiger partial charge in [-0.05, 0) is 65.9 Å². The van der Waals surface area contributed by atoms with Gasteiger partial charge in [-0.15, -0.1) is 0 Å². The molecule has 0 N–H and O–H groups in total. The van der Waals surface area contributed by atoms with Crippen LogP contribution in [0.4, 0.5) is 5.69 Å². The summed E-state index contributed by atoms with van der Waals surface area (Å²) < 4.78 is 0. The van der Waals surface area contributed by atoms with Gasteiger partial charge in [-0.3, -0.25) is 20.1 Å². The number of fused-ring (bicyclic) bond motifs is 3. The molecule has 0 saturated heterocycles. The standard InChI is InChI=1S/2C18H15P.C12H7N3O2.Cu.NO3/c2*1-4-10-16(11-5-1)19(17-12-6-2-7-13-17)18-14-8-3-9-15-18;16-15(17)10-7-8-3-1-5-13-11(8)12-9(10)4-2-6-14-12;;2-1(3)4/h2*1-15H;1-7H;;/q;;;+1;-1. The first kappa shape index (κ1) is 44.4. The minimum absolute atomic E-state index is 0. The summed E-state index contributed by atoms with van der Waals surface area (Å²) in [5.41, 5.74) is 1.32. The number of hydrogen-bond acceptors (Lipinski definition) is 7. The number of aromatic nitrogens is 2. The molecule has 0 fully saturated rings. The average Bonchev–Trinajstić information content (AvgIpc) is 3.29. The summed E-state index contributed by atoms with van der Waals surface area (Å²) in [5.74, 6) is 0. The third-order valence-corrected chi connectivity index (χ3v) is 13.6. The van der Waals surface area contributed by atoms with Crippen LogP contribution >= 0.6 is 15.8 Å². The quantitative estimate of drug-likeness (QED) is 0.0512. The topological polar surface area (TPSA) is 135 Å². The van der Waals surface area contributed by atoms with Crippen molar-refractivity contribution < 1.29 is 27.1 Å². The number of rotatable bonds is 7. The first-order valence-corrected chi connectivity index (χ1v) is 21.1. The van der Waals surface area contributed by atoms with Gasteiger partial charge < -0.3 is 15.3 Å². The molecule has 0 atom stereocenters. The Hall–Kier alpha value is -6.66. The van der Waals surface area contributed by atoms with Crippen LogP contribution in [0.15, 0.2) is 225 Å². The third-order valence-electron chi connectivity index (χ3n) is 8.72. The molecule has 9 aromatic rings. The summed E-state index contributed by atoms with van der Waals surface area (Å²) in [6, 6.07) is 73.1. The maximum Gasteiger partial charge on any atom is 1.00 e. The smallest absolute Gasteiger partial charge is 0.356 e. The van der Waals surface area contributed by atoms with Crippen LogP contribution < -0.4 is 31.8 Å². The fourth-order valence-corrected chi connectivity index (χ4v) is 10.9. The van der Waals surface area contributed by atoms with Gasteiger partial charge in [0, 0.05) is 23.8 Å². The summed E-state index contributed by atoms with van der Waals surface area (Å²) in [6.45, 7) is 0. The maximum absolute atomic E-state index is 11.0. The van der Waals surface area contributed by atoms with Crippen molar-refractivity contribution in [2.75, 3.05) is 0 Å². The van der Waals surface area contributed by atoms with E-state index in [1.54, 1.807) is 36.7 Å². The normalized spacial score (nSPS) is 10.2. The SMILES string of the molecule is O=[N+]([O-])[O-].O=[N+]([O-])c1cc2cccnc2c2ncccc12.[Cu+].c1ccc(P(c2ccccc2)c2ccccc2)cc1.c1ccc(P(c2ccccc2)c2ccccc2)cc1. The second-order valence-corrected chi connectivity index (χ2v) is 17.0. The van der Waals surface area contributed by atoms with E-state index >= 15 is 0 Å². The van der Waals surface area contributed by atoms with E-state index in [9.17, 15) is 10.1 Å². The number of hydrogen-bond donors (Lipinski definition) is 0. The Kier molecular flexibility index (Phi) is 17.1. The Labute approximate surface area is 360 Å². The first-order valence-electron chi connectivity index (χ1n) is 18.4. The second-order valence-electron chi connectivity index (χ2n) is 12.5. The molecular weight excluding hydrogens is 838 g/mol. The van der Waals surface area contributed by atoms with Gasteiger partial charge in [-0.1, -0.05) is 188 Å². The molecule has 2 aromatic heterocycles. The van der Waals surface area contributed by atoms with E-state index in [1.165, 1.54) is 37.9 Å². The van der Waals surface area contributed by atoms with Crippen molar-refractivity contribution in [3.63, 3.8) is 0 Å². The molecule has 0 aliphatic rings. The Morgan fingerprint density at radius 2 is 0.667 bits per heavy atom. The second kappa shape index (κ2) is 23.1. The monoisotopic (exact) mass is 874 g/mol. The molecule has 0 radical (unpaired) electrons.